The number of nitriles is 1. The van der Waals surface area contributed by atoms with E-state index in [0.717, 1.165) is 25.4 Å². The molecule has 1 N–H and O–H groups in total. The maximum absolute atomic E-state index is 8.85. The quantitative estimate of drug-likeness (QED) is 0.717. The lowest BCUT2D eigenvalue weighted by Gasteiger charge is -2.17. The third-order valence-corrected chi connectivity index (χ3v) is 2.85. The molecule has 0 aromatic carbocycles. The summed E-state index contributed by atoms with van der Waals surface area (Å²) in [5.41, 5.74) is 0. The van der Waals surface area contributed by atoms with Gasteiger partial charge >= 0.3 is 0 Å². The molecular formula is C11H21N3. The molecule has 0 aromatic rings. The van der Waals surface area contributed by atoms with Crippen molar-refractivity contribution in [1.82, 2.24) is 10.2 Å². The highest BCUT2D eigenvalue weighted by molar-refractivity contribution is 4.90. The average molecular weight is 195 g/mol. The molecule has 0 bridgehead atoms. The molecule has 0 spiro atoms. The molecule has 1 heterocycles. The Labute approximate surface area is 87.1 Å². The van der Waals surface area contributed by atoms with Gasteiger partial charge in [0.05, 0.1) is 12.1 Å². The van der Waals surface area contributed by atoms with Gasteiger partial charge < -0.3 is 10.2 Å². The molecule has 1 rings (SSSR count). The van der Waals surface area contributed by atoms with Crippen molar-refractivity contribution in [2.75, 3.05) is 26.2 Å². The van der Waals surface area contributed by atoms with Crippen LogP contribution >= 0.6 is 0 Å². The first-order chi connectivity index (χ1) is 6.76. The largest absolute Gasteiger partial charge is 0.303 e. The van der Waals surface area contributed by atoms with E-state index in [1.54, 1.807) is 0 Å². The third kappa shape index (κ3) is 3.65. The zero-order valence-corrected chi connectivity index (χ0v) is 9.29. The van der Waals surface area contributed by atoms with E-state index in [1.807, 2.05) is 6.92 Å². The Morgan fingerprint density at radius 3 is 2.93 bits per heavy atom. The lowest BCUT2D eigenvalue weighted by Crippen LogP contribution is -2.32. The van der Waals surface area contributed by atoms with Crippen LogP contribution in [0, 0.1) is 17.2 Å². The minimum absolute atomic E-state index is 0.0379. The molecule has 0 saturated carbocycles. The highest BCUT2D eigenvalue weighted by Gasteiger charge is 2.18. The average Bonchev–Trinajstić information content (AvgIpc) is 2.59. The number of nitrogens with zero attached hydrogens (tertiary/aromatic N) is 2. The summed E-state index contributed by atoms with van der Waals surface area (Å²) < 4.78 is 0. The second-order valence-electron chi connectivity index (χ2n) is 4.22. The monoisotopic (exact) mass is 195 g/mol. The van der Waals surface area contributed by atoms with E-state index in [-0.39, 0.29) is 6.04 Å². The maximum Gasteiger partial charge on any atom is 0.0965 e. The summed E-state index contributed by atoms with van der Waals surface area (Å²) in [5.74, 6) is 0.842. The van der Waals surface area contributed by atoms with Gasteiger partial charge in [-0.3, -0.25) is 0 Å². The fourth-order valence-corrected chi connectivity index (χ4v) is 2.00. The van der Waals surface area contributed by atoms with Crippen molar-refractivity contribution in [3.05, 3.63) is 0 Å². The standard InChI is InChI=1S/C11H21N3/c1-3-13-11(8-12)5-7-14-6-4-10(2)9-14/h10-11,13H,3-7,9H2,1-2H3. The van der Waals surface area contributed by atoms with Crippen LogP contribution in [0.2, 0.25) is 0 Å². The summed E-state index contributed by atoms with van der Waals surface area (Å²) in [4.78, 5) is 2.46. The van der Waals surface area contributed by atoms with Gasteiger partial charge in [0.2, 0.25) is 0 Å². The Morgan fingerprint density at radius 1 is 1.64 bits per heavy atom. The Morgan fingerprint density at radius 2 is 2.43 bits per heavy atom. The van der Waals surface area contributed by atoms with E-state index >= 15 is 0 Å². The lowest BCUT2D eigenvalue weighted by atomic mass is 10.2. The second kappa shape index (κ2) is 6.00. The van der Waals surface area contributed by atoms with Crippen LogP contribution in [0.25, 0.3) is 0 Å². The van der Waals surface area contributed by atoms with Gasteiger partial charge in [0.1, 0.15) is 0 Å². The van der Waals surface area contributed by atoms with E-state index in [9.17, 15) is 0 Å². The first-order valence-corrected chi connectivity index (χ1v) is 5.61. The van der Waals surface area contributed by atoms with Gasteiger partial charge in [0.15, 0.2) is 0 Å². The van der Waals surface area contributed by atoms with Crippen molar-refractivity contribution >= 4 is 0 Å². The van der Waals surface area contributed by atoms with Crippen molar-refractivity contribution in [2.45, 2.75) is 32.7 Å². The van der Waals surface area contributed by atoms with Gasteiger partial charge in [0, 0.05) is 13.1 Å². The first-order valence-electron chi connectivity index (χ1n) is 5.61. The second-order valence-corrected chi connectivity index (χ2v) is 4.22. The van der Waals surface area contributed by atoms with Crippen LogP contribution in [0.1, 0.15) is 26.7 Å². The topological polar surface area (TPSA) is 39.1 Å². The summed E-state index contributed by atoms with van der Waals surface area (Å²) in [5, 5.41) is 12.0. The van der Waals surface area contributed by atoms with Gasteiger partial charge in [-0.2, -0.15) is 5.26 Å². The molecule has 2 atom stereocenters. The van der Waals surface area contributed by atoms with Crippen LogP contribution in [0.3, 0.4) is 0 Å². The first kappa shape index (κ1) is 11.5. The SMILES string of the molecule is CCNC(C#N)CCN1CCC(C)C1. The minimum Gasteiger partial charge on any atom is -0.303 e. The maximum atomic E-state index is 8.85. The predicted molar refractivity (Wildman–Crippen MR) is 57.9 cm³/mol. The number of hydrogen-bond donors (Lipinski definition) is 1. The molecule has 0 aliphatic carbocycles. The molecular weight excluding hydrogens is 174 g/mol. The van der Waals surface area contributed by atoms with Gasteiger partial charge in [0.25, 0.3) is 0 Å². The Bertz CT molecular complexity index is 197. The molecule has 1 aliphatic rings. The molecule has 1 aliphatic heterocycles. The minimum atomic E-state index is 0.0379. The van der Waals surface area contributed by atoms with Crippen molar-refractivity contribution < 1.29 is 0 Å². The van der Waals surface area contributed by atoms with Crippen LogP contribution in [-0.4, -0.2) is 37.1 Å². The van der Waals surface area contributed by atoms with E-state index in [4.69, 9.17) is 5.26 Å². The van der Waals surface area contributed by atoms with Crippen molar-refractivity contribution in [3.8, 4) is 6.07 Å². The normalized spacial score (nSPS) is 24.8. The molecule has 3 heteroatoms. The lowest BCUT2D eigenvalue weighted by molar-refractivity contribution is 0.312. The van der Waals surface area contributed by atoms with Crippen LogP contribution < -0.4 is 5.32 Å². The molecule has 80 valence electrons. The van der Waals surface area contributed by atoms with Gasteiger partial charge in [-0.05, 0) is 31.8 Å². The summed E-state index contributed by atoms with van der Waals surface area (Å²) in [6.45, 7) is 8.72. The summed E-state index contributed by atoms with van der Waals surface area (Å²) in [6.07, 6.45) is 2.27. The summed E-state index contributed by atoms with van der Waals surface area (Å²) in [6, 6.07) is 2.34. The summed E-state index contributed by atoms with van der Waals surface area (Å²) >= 11 is 0. The third-order valence-electron chi connectivity index (χ3n) is 2.85. The van der Waals surface area contributed by atoms with E-state index in [0.29, 0.717) is 0 Å². The summed E-state index contributed by atoms with van der Waals surface area (Å²) in [7, 11) is 0. The van der Waals surface area contributed by atoms with Crippen molar-refractivity contribution in [1.29, 1.82) is 5.26 Å². The smallest absolute Gasteiger partial charge is 0.0965 e. The Kier molecular flexibility index (Phi) is 4.92. The van der Waals surface area contributed by atoms with Gasteiger partial charge in [-0.15, -0.1) is 0 Å². The number of nitrogens with one attached hydrogen (secondary N) is 1. The molecule has 0 amide bonds. The van der Waals surface area contributed by atoms with E-state index < -0.39 is 0 Å². The van der Waals surface area contributed by atoms with Crippen molar-refractivity contribution in [2.24, 2.45) is 5.92 Å². The van der Waals surface area contributed by atoms with Crippen LogP contribution in [0.5, 0.6) is 0 Å². The molecule has 1 fully saturated rings. The number of hydrogen-bond acceptors (Lipinski definition) is 3. The van der Waals surface area contributed by atoms with Crippen molar-refractivity contribution in [3.63, 3.8) is 0 Å². The Balaban J connectivity index is 2.16. The molecule has 2 unspecified atom stereocenters. The highest BCUT2D eigenvalue weighted by Crippen LogP contribution is 2.15. The van der Waals surface area contributed by atoms with Gasteiger partial charge in [-0.1, -0.05) is 13.8 Å². The van der Waals surface area contributed by atoms with E-state index in [1.165, 1.54) is 19.5 Å². The fraction of sp³-hybridized carbons (Fsp3) is 0.909. The van der Waals surface area contributed by atoms with Crippen LogP contribution in [0.15, 0.2) is 0 Å². The van der Waals surface area contributed by atoms with Crippen LogP contribution in [-0.2, 0) is 0 Å². The van der Waals surface area contributed by atoms with Gasteiger partial charge in [-0.25, -0.2) is 0 Å². The van der Waals surface area contributed by atoms with Crippen LogP contribution in [0.4, 0.5) is 0 Å². The fourth-order valence-electron chi connectivity index (χ4n) is 2.00. The number of likely N-dealkylation sites (tertiary alicyclic amines) is 1. The van der Waals surface area contributed by atoms with E-state index in [2.05, 4.69) is 23.2 Å². The predicted octanol–water partition coefficient (Wildman–Crippen LogP) is 1.22. The highest BCUT2D eigenvalue weighted by atomic mass is 15.1. The molecule has 14 heavy (non-hydrogen) atoms. The molecule has 0 aromatic heterocycles. The molecule has 0 radical (unpaired) electrons. The Hall–Kier alpha value is -0.590. The molecule has 3 nitrogen and oxygen atoms in total. The number of rotatable bonds is 5. The zero-order valence-electron chi connectivity index (χ0n) is 9.29. The molecule has 1 saturated heterocycles. The zero-order chi connectivity index (χ0) is 10.4.